The van der Waals surface area contributed by atoms with E-state index in [1.165, 1.54) is 153 Å². The number of allylic oxidation sites excluding steroid dienone is 2. The number of aliphatic hydroxyl groups is 2. The fourth-order valence-corrected chi connectivity index (χ4v) is 5.74. The van der Waals surface area contributed by atoms with Gasteiger partial charge in [-0.15, -0.1) is 0 Å². The Bertz CT molecular complexity index is 684. The van der Waals surface area contributed by atoms with Crippen molar-refractivity contribution in [2.24, 2.45) is 5.41 Å². The second-order valence-corrected chi connectivity index (χ2v) is 13.9. The minimum Gasteiger partial charge on any atom is -0.462 e. The molecule has 0 atom stereocenters. The standard InChI is InChI=1S/C41H76O6/c1-3-5-7-9-11-13-15-17-19-21-23-25-27-29-31-33-39(44)46-37-41(35-42,36-43)38-47-40(45)34-32-30-28-26-24-22-20-18-16-14-12-10-8-6-4-2/h31-34,42-43H,3-30,35-38H2,1-2H3. The van der Waals surface area contributed by atoms with Crippen molar-refractivity contribution in [1.82, 2.24) is 0 Å². The molecular formula is C41H76O6. The van der Waals surface area contributed by atoms with Crippen molar-refractivity contribution in [2.75, 3.05) is 26.4 Å². The molecule has 0 heterocycles. The van der Waals surface area contributed by atoms with Crippen LogP contribution in [0.4, 0.5) is 0 Å². The molecule has 6 heteroatoms. The van der Waals surface area contributed by atoms with Crippen molar-refractivity contribution >= 4 is 11.9 Å². The summed E-state index contributed by atoms with van der Waals surface area (Å²) in [6, 6.07) is 0. The Kier molecular flexibility index (Phi) is 34.4. The summed E-state index contributed by atoms with van der Waals surface area (Å²) in [5.41, 5.74) is -1.23. The number of hydrogen-bond donors (Lipinski definition) is 2. The minimum atomic E-state index is -1.23. The molecule has 0 spiro atoms. The summed E-state index contributed by atoms with van der Waals surface area (Å²) in [6.07, 6.45) is 42.1. The van der Waals surface area contributed by atoms with Crippen molar-refractivity contribution in [2.45, 2.75) is 194 Å². The zero-order valence-corrected chi connectivity index (χ0v) is 31.0. The van der Waals surface area contributed by atoms with Crippen LogP contribution in [0.25, 0.3) is 0 Å². The average Bonchev–Trinajstić information content (AvgIpc) is 3.08. The summed E-state index contributed by atoms with van der Waals surface area (Å²) >= 11 is 0. The molecule has 6 nitrogen and oxygen atoms in total. The number of carbonyl (C=O) groups is 2. The monoisotopic (exact) mass is 665 g/mol. The summed E-state index contributed by atoms with van der Waals surface area (Å²) in [4.78, 5) is 24.3. The summed E-state index contributed by atoms with van der Waals surface area (Å²) in [5, 5.41) is 19.7. The van der Waals surface area contributed by atoms with Crippen LogP contribution in [0.3, 0.4) is 0 Å². The zero-order valence-electron chi connectivity index (χ0n) is 31.0. The molecule has 0 bridgehead atoms. The zero-order chi connectivity index (χ0) is 34.5. The Morgan fingerprint density at radius 3 is 0.957 bits per heavy atom. The molecular weight excluding hydrogens is 588 g/mol. The van der Waals surface area contributed by atoms with Crippen LogP contribution in [-0.2, 0) is 19.1 Å². The van der Waals surface area contributed by atoms with Gasteiger partial charge in [-0.3, -0.25) is 0 Å². The predicted molar refractivity (Wildman–Crippen MR) is 197 cm³/mol. The van der Waals surface area contributed by atoms with Crippen molar-refractivity contribution < 1.29 is 29.3 Å². The van der Waals surface area contributed by atoms with E-state index in [-0.39, 0.29) is 13.2 Å². The van der Waals surface area contributed by atoms with E-state index in [0.717, 1.165) is 38.5 Å². The van der Waals surface area contributed by atoms with Gasteiger partial charge in [0.1, 0.15) is 13.2 Å². The number of esters is 2. The maximum absolute atomic E-state index is 12.2. The first-order valence-corrected chi connectivity index (χ1v) is 19.9. The van der Waals surface area contributed by atoms with Gasteiger partial charge in [-0.2, -0.15) is 0 Å². The van der Waals surface area contributed by atoms with Crippen molar-refractivity contribution in [3.05, 3.63) is 24.3 Å². The smallest absolute Gasteiger partial charge is 0.330 e. The molecule has 47 heavy (non-hydrogen) atoms. The summed E-state index contributed by atoms with van der Waals surface area (Å²) in [5.74, 6) is -1.04. The third-order valence-corrected chi connectivity index (χ3v) is 9.17. The second kappa shape index (κ2) is 35.6. The number of unbranched alkanes of at least 4 members (excludes halogenated alkanes) is 26. The Labute approximate surface area is 290 Å². The molecule has 0 aromatic carbocycles. The molecule has 0 aliphatic heterocycles. The molecule has 0 aliphatic rings. The van der Waals surface area contributed by atoms with E-state index in [1.807, 2.05) is 12.2 Å². The molecule has 0 unspecified atom stereocenters. The van der Waals surface area contributed by atoms with Crippen molar-refractivity contribution in [1.29, 1.82) is 0 Å². The molecule has 0 saturated carbocycles. The largest absolute Gasteiger partial charge is 0.462 e. The van der Waals surface area contributed by atoms with Gasteiger partial charge in [0.05, 0.1) is 18.6 Å². The third-order valence-electron chi connectivity index (χ3n) is 9.17. The maximum atomic E-state index is 12.2. The van der Waals surface area contributed by atoms with Crippen LogP contribution in [0, 0.1) is 5.41 Å². The van der Waals surface area contributed by atoms with Gasteiger partial charge in [0.15, 0.2) is 0 Å². The van der Waals surface area contributed by atoms with Crippen LogP contribution in [0.15, 0.2) is 24.3 Å². The molecule has 0 radical (unpaired) electrons. The van der Waals surface area contributed by atoms with Gasteiger partial charge >= 0.3 is 11.9 Å². The first-order valence-electron chi connectivity index (χ1n) is 19.9. The molecule has 0 fully saturated rings. The van der Waals surface area contributed by atoms with Crippen LogP contribution in [0.1, 0.15) is 194 Å². The number of ether oxygens (including phenoxy) is 2. The normalized spacial score (nSPS) is 12.0. The lowest BCUT2D eigenvalue weighted by Gasteiger charge is -2.28. The van der Waals surface area contributed by atoms with Gasteiger partial charge < -0.3 is 19.7 Å². The first kappa shape index (κ1) is 45.3. The van der Waals surface area contributed by atoms with E-state index >= 15 is 0 Å². The lowest BCUT2D eigenvalue weighted by molar-refractivity contribution is -0.152. The van der Waals surface area contributed by atoms with E-state index in [0.29, 0.717) is 0 Å². The van der Waals surface area contributed by atoms with Gasteiger partial charge in [0.25, 0.3) is 0 Å². The quantitative estimate of drug-likeness (QED) is 0.0393. The molecule has 0 aromatic rings. The second-order valence-electron chi connectivity index (χ2n) is 13.9. The fourth-order valence-electron chi connectivity index (χ4n) is 5.74. The topological polar surface area (TPSA) is 93.1 Å². The van der Waals surface area contributed by atoms with Crippen molar-refractivity contribution in [3.63, 3.8) is 0 Å². The highest BCUT2D eigenvalue weighted by molar-refractivity contribution is 5.82. The average molecular weight is 665 g/mol. The van der Waals surface area contributed by atoms with Gasteiger partial charge in [0, 0.05) is 12.2 Å². The van der Waals surface area contributed by atoms with Gasteiger partial charge in [-0.25, -0.2) is 9.59 Å². The minimum absolute atomic E-state index is 0.224. The number of carbonyl (C=O) groups excluding carboxylic acids is 2. The summed E-state index contributed by atoms with van der Waals surface area (Å²) < 4.78 is 10.6. The molecule has 0 aliphatic carbocycles. The van der Waals surface area contributed by atoms with Crippen LogP contribution < -0.4 is 0 Å². The van der Waals surface area contributed by atoms with Crippen molar-refractivity contribution in [3.8, 4) is 0 Å². The van der Waals surface area contributed by atoms with Gasteiger partial charge in [-0.1, -0.05) is 180 Å². The maximum Gasteiger partial charge on any atom is 0.330 e. The lowest BCUT2D eigenvalue weighted by atomic mass is 9.92. The molecule has 0 amide bonds. The van der Waals surface area contributed by atoms with E-state index in [2.05, 4.69) is 13.8 Å². The lowest BCUT2D eigenvalue weighted by Crippen LogP contribution is -2.40. The van der Waals surface area contributed by atoms with E-state index in [4.69, 9.17) is 9.47 Å². The van der Waals surface area contributed by atoms with E-state index in [9.17, 15) is 19.8 Å². The molecule has 0 aromatic heterocycles. The van der Waals surface area contributed by atoms with Crippen LogP contribution in [0.5, 0.6) is 0 Å². The summed E-state index contributed by atoms with van der Waals surface area (Å²) in [7, 11) is 0. The van der Waals surface area contributed by atoms with Gasteiger partial charge in [0.2, 0.25) is 0 Å². The Balaban J connectivity index is 3.87. The highest BCUT2D eigenvalue weighted by Gasteiger charge is 2.32. The predicted octanol–water partition coefficient (Wildman–Crippen LogP) is 11.1. The SMILES string of the molecule is CCCCCCCCCCCCCCCC=CC(=O)OCC(CO)(CO)COC(=O)C=CCCCCCCCCCCCCCCC. The number of aliphatic hydroxyl groups excluding tert-OH is 2. The fraction of sp³-hybridized carbons (Fsp3) is 0.854. The first-order chi connectivity index (χ1) is 23.0. The molecule has 0 saturated heterocycles. The third kappa shape index (κ3) is 31.4. The van der Waals surface area contributed by atoms with Crippen LogP contribution in [-0.4, -0.2) is 48.6 Å². The Morgan fingerprint density at radius 1 is 0.447 bits per heavy atom. The van der Waals surface area contributed by atoms with Crippen LogP contribution in [0.2, 0.25) is 0 Å². The van der Waals surface area contributed by atoms with E-state index < -0.39 is 30.6 Å². The molecule has 276 valence electrons. The highest BCUT2D eigenvalue weighted by atomic mass is 16.5. The molecule has 0 rings (SSSR count). The molecule has 2 N–H and O–H groups in total. The highest BCUT2D eigenvalue weighted by Crippen LogP contribution is 2.18. The number of hydrogen-bond acceptors (Lipinski definition) is 6. The van der Waals surface area contributed by atoms with Gasteiger partial charge in [-0.05, 0) is 25.7 Å². The van der Waals surface area contributed by atoms with Crippen LogP contribution >= 0.6 is 0 Å². The number of rotatable bonds is 36. The Hall–Kier alpha value is -1.66. The Morgan fingerprint density at radius 2 is 0.702 bits per heavy atom. The van der Waals surface area contributed by atoms with E-state index in [1.54, 1.807) is 0 Å². The summed E-state index contributed by atoms with van der Waals surface area (Å²) in [6.45, 7) is 3.15.